The molecule has 17 heavy (non-hydrogen) atoms. The number of aliphatic imine (C=N–C) groups is 1. The maximum absolute atomic E-state index is 11.7. The topological polar surface area (TPSA) is 58.1 Å². The third-order valence-electron chi connectivity index (χ3n) is 2.52. The van der Waals surface area contributed by atoms with Gasteiger partial charge < -0.3 is 4.98 Å². The van der Waals surface area contributed by atoms with Crippen molar-refractivity contribution in [2.75, 3.05) is 6.54 Å². The predicted molar refractivity (Wildman–Crippen MR) is 70.9 cm³/mol. The van der Waals surface area contributed by atoms with Gasteiger partial charge in [0.25, 0.3) is 5.56 Å². The van der Waals surface area contributed by atoms with Crippen LogP contribution in [0.25, 0.3) is 0 Å². The molecule has 0 unspecified atom stereocenters. The van der Waals surface area contributed by atoms with Gasteiger partial charge >= 0.3 is 0 Å². The lowest BCUT2D eigenvalue weighted by Gasteiger charge is -2.22. The van der Waals surface area contributed by atoms with Crippen molar-refractivity contribution >= 4 is 5.71 Å². The lowest BCUT2D eigenvalue weighted by molar-refractivity contribution is 0.586. The molecule has 0 aliphatic rings. The molecule has 94 valence electrons. The summed E-state index contributed by atoms with van der Waals surface area (Å²) in [4.78, 5) is 23.4. The highest BCUT2D eigenvalue weighted by Crippen LogP contribution is 2.21. The fourth-order valence-electron chi connectivity index (χ4n) is 1.70. The van der Waals surface area contributed by atoms with E-state index in [1.54, 1.807) is 13.8 Å². The number of hydrogen-bond donors (Lipinski definition) is 1. The number of nitrogens with one attached hydrogen (secondary N) is 1. The van der Waals surface area contributed by atoms with Crippen LogP contribution in [0.3, 0.4) is 0 Å². The first-order valence-electron chi connectivity index (χ1n) is 5.90. The van der Waals surface area contributed by atoms with Gasteiger partial charge in [-0.05, 0) is 20.8 Å². The van der Waals surface area contributed by atoms with Gasteiger partial charge in [-0.1, -0.05) is 20.8 Å². The van der Waals surface area contributed by atoms with Gasteiger partial charge in [-0.25, -0.2) is 4.98 Å². The summed E-state index contributed by atoms with van der Waals surface area (Å²) < 4.78 is 0. The van der Waals surface area contributed by atoms with E-state index in [-0.39, 0.29) is 11.0 Å². The smallest absolute Gasteiger partial charge is 0.254 e. The Bertz CT molecular complexity index is 492. The first-order valence-corrected chi connectivity index (χ1v) is 5.90. The summed E-state index contributed by atoms with van der Waals surface area (Å²) in [7, 11) is 0. The van der Waals surface area contributed by atoms with Crippen LogP contribution >= 0.6 is 0 Å². The molecule has 0 aliphatic heterocycles. The van der Waals surface area contributed by atoms with Gasteiger partial charge in [0, 0.05) is 17.5 Å². The Morgan fingerprint density at radius 3 is 2.41 bits per heavy atom. The van der Waals surface area contributed by atoms with Gasteiger partial charge in [-0.3, -0.25) is 9.79 Å². The number of H-pyrrole nitrogens is 1. The molecule has 0 saturated carbocycles. The average molecular weight is 235 g/mol. The summed E-state index contributed by atoms with van der Waals surface area (Å²) >= 11 is 0. The highest BCUT2D eigenvalue weighted by atomic mass is 16.1. The summed E-state index contributed by atoms with van der Waals surface area (Å²) in [6.45, 7) is 12.5. The first-order chi connectivity index (χ1) is 7.77. The molecule has 1 rings (SSSR count). The van der Waals surface area contributed by atoms with E-state index in [9.17, 15) is 4.79 Å². The molecule has 0 aliphatic carbocycles. The molecule has 4 heteroatoms. The van der Waals surface area contributed by atoms with Crippen LogP contribution < -0.4 is 5.56 Å². The van der Waals surface area contributed by atoms with Gasteiger partial charge in [0.2, 0.25) is 0 Å². The molecule has 1 aromatic rings. The van der Waals surface area contributed by atoms with Gasteiger partial charge in [-0.15, -0.1) is 0 Å². The molecule has 1 N–H and O–H groups in total. The minimum Gasteiger partial charge on any atom is -0.311 e. The molecule has 0 aromatic carbocycles. The van der Waals surface area contributed by atoms with Crippen molar-refractivity contribution in [2.45, 2.75) is 41.5 Å². The Morgan fingerprint density at radius 2 is 1.94 bits per heavy atom. The molecule has 4 nitrogen and oxygen atoms in total. The summed E-state index contributed by atoms with van der Waals surface area (Å²) in [6.07, 6.45) is 0. The second-order valence-corrected chi connectivity index (χ2v) is 5.20. The minimum absolute atomic E-state index is 0.0828. The van der Waals surface area contributed by atoms with Crippen LogP contribution in [0.15, 0.2) is 9.79 Å². The van der Waals surface area contributed by atoms with Crippen molar-refractivity contribution in [1.29, 1.82) is 0 Å². The Morgan fingerprint density at radius 1 is 1.35 bits per heavy atom. The fourth-order valence-corrected chi connectivity index (χ4v) is 1.70. The highest BCUT2D eigenvalue weighted by Gasteiger charge is 2.24. The maximum Gasteiger partial charge on any atom is 0.254 e. The van der Waals surface area contributed by atoms with Gasteiger partial charge in [0.1, 0.15) is 5.82 Å². The predicted octanol–water partition coefficient (Wildman–Crippen LogP) is 2.24. The van der Waals surface area contributed by atoms with Crippen LogP contribution in [0.2, 0.25) is 0 Å². The Kier molecular flexibility index (Phi) is 3.86. The summed E-state index contributed by atoms with van der Waals surface area (Å²) in [5, 5.41) is 0. The van der Waals surface area contributed by atoms with Crippen molar-refractivity contribution in [2.24, 2.45) is 10.4 Å². The van der Waals surface area contributed by atoms with Crippen molar-refractivity contribution < 1.29 is 0 Å². The standard InChI is InChI=1S/C13H21N3O/c1-7-14-11(13(4,5)6)10-8(2)12(17)16-9(3)15-10/h7H2,1-6H3,(H,15,16,17). The number of aromatic nitrogens is 2. The van der Waals surface area contributed by atoms with Crippen molar-refractivity contribution in [3.05, 3.63) is 27.4 Å². The van der Waals surface area contributed by atoms with E-state index < -0.39 is 0 Å². The lowest BCUT2D eigenvalue weighted by Crippen LogP contribution is -2.28. The Hall–Kier alpha value is -1.45. The number of rotatable bonds is 2. The van der Waals surface area contributed by atoms with E-state index in [0.29, 0.717) is 17.9 Å². The van der Waals surface area contributed by atoms with E-state index in [0.717, 1.165) is 11.4 Å². The van der Waals surface area contributed by atoms with Crippen LogP contribution in [0.5, 0.6) is 0 Å². The molecule has 0 fully saturated rings. The maximum atomic E-state index is 11.7. The SMILES string of the molecule is CCN=C(c1nc(C)[nH]c(=O)c1C)C(C)(C)C. The third kappa shape index (κ3) is 3.02. The monoisotopic (exact) mass is 235 g/mol. The first kappa shape index (κ1) is 13.6. The van der Waals surface area contributed by atoms with E-state index in [1.807, 2.05) is 6.92 Å². The fraction of sp³-hybridized carbons (Fsp3) is 0.615. The zero-order valence-electron chi connectivity index (χ0n) is 11.5. The molecular weight excluding hydrogens is 214 g/mol. The number of aromatic amines is 1. The van der Waals surface area contributed by atoms with E-state index in [2.05, 4.69) is 35.7 Å². The molecule has 0 amide bonds. The molecule has 0 atom stereocenters. The summed E-state index contributed by atoms with van der Waals surface area (Å²) in [5.41, 5.74) is 2.05. The highest BCUT2D eigenvalue weighted by molar-refractivity contribution is 6.03. The largest absolute Gasteiger partial charge is 0.311 e. The van der Waals surface area contributed by atoms with Crippen LogP contribution in [-0.4, -0.2) is 22.2 Å². The number of aryl methyl sites for hydroxylation is 1. The van der Waals surface area contributed by atoms with Gasteiger partial charge in [0.05, 0.1) is 11.4 Å². The van der Waals surface area contributed by atoms with Crippen molar-refractivity contribution in [3.63, 3.8) is 0 Å². The Labute approximate surface area is 102 Å². The zero-order valence-corrected chi connectivity index (χ0v) is 11.5. The van der Waals surface area contributed by atoms with Crippen LogP contribution in [0.1, 0.15) is 44.8 Å². The molecule has 1 aromatic heterocycles. The minimum atomic E-state index is -0.117. The van der Waals surface area contributed by atoms with E-state index in [1.165, 1.54) is 0 Å². The molecule has 1 heterocycles. The van der Waals surface area contributed by atoms with Crippen LogP contribution in [0.4, 0.5) is 0 Å². The molecule has 0 saturated heterocycles. The number of hydrogen-bond acceptors (Lipinski definition) is 3. The molecule has 0 spiro atoms. The Balaban J connectivity index is 3.50. The third-order valence-corrected chi connectivity index (χ3v) is 2.52. The molecular formula is C13H21N3O. The van der Waals surface area contributed by atoms with E-state index >= 15 is 0 Å². The zero-order chi connectivity index (χ0) is 13.2. The van der Waals surface area contributed by atoms with Gasteiger partial charge in [-0.2, -0.15) is 0 Å². The summed E-state index contributed by atoms with van der Waals surface area (Å²) in [5.74, 6) is 0.628. The van der Waals surface area contributed by atoms with E-state index in [4.69, 9.17) is 0 Å². The van der Waals surface area contributed by atoms with Crippen molar-refractivity contribution in [3.8, 4) is 0 Å². The quantitative estimate of drug-likeness (QED) is 0.799. The lowest BCUT2D eigenvalue weighted by atomic mass is 9.86. The van der Waals surface area contributed by atoms with Crippen molar-refractivity contribution in [1.82, 2.24) is 9.97 Å². The second kappa shape index (κ2) is 4.82. The van der Waals surface area contributed by atoms with Gasteiger partial charge in [0.15, 0.2) is 0 Å². The number of nitrogens with zero attached hydrogens (tertiary/aromatic N) is 2. The molecule has 0 radical (unpaired) electrons. The normalized spacial score (nSPS) is 12.9. The average Bonchev–Trinajstić information content (AvgIpc) is 2.18. The molecule has 0 bridgehead atoms. The van der Waals surface area contributed by atoms with Crippen LogP contribution in [0, 0.1) is 19.3 Å². The second-order valence-electron chi connectivity index (χ2n) is 5.20. The van der Waals surface area contributed by atoms with Crippen LogP contribution in [-0.2, 0) is 0 Å². The summed E-state index contributed by atoms with van der Waals surface area (Å²) in [6, 6.07) is 0.